The van der Waals surface area contributed by atoms with E-state index in [4.69, 9.17) is 17.3 Å². The largest absolute Gasteiger partial charge is 0.369 e. The Bertz CT molecular complexity index is 1290. The number of benzene rings is 2. The summed E-state index contributed by atoms with van der Waals surface area (Å²) >= 11 is 7.37. The maximum absolute atomic E-state index is 12.5. The normalized spacial score (nSPS) is 20.8. The van der Waals surface area contributed by atoms with Crippen molar-refractivity contribution in [1.82, 2.24) is 4.31 Å². The molecule has 7 nitrogen and oxygen atoms in total. The molecular formula is C20H19ClN4O3S2. The highest BCUT2D eigenvalue weighted by Gasteiger charge is 2.41. The number of anilines is 1. The molecule has 1 amide bonds. The lowest BCUT2D eigenvalue weighted by Gasteiger charge is -2.34. The maximum Gasteiger partial charge on any atom is 0.255 e. The molecule has 1 aromatic heterocycles. The minimum Gasteiger partial charge on any atom is -0.369 e. The highest BCUT2D eigenvalue weighted by Crippen LogP contribution is 2.40. The molecule has 0 bridgehead atoms. The number of thiophene rings is 1. The van der Waals surface area contributed by atoms with Gasteiger partial charge in [0.25, 0.3) is 5.91 Å². The van der Waals surface area contributed by atoms with E-state index in [0.29, 0.717) is 16.3 Å². The van der Waals surface area contributed by atoms with Crippen molar-refractivity contribution in [2.24, 2.45) is 10.7 Å². The van der Waals surface area contributed by atoms with Crippen molar-refractivity contribution in [3.05, 3.63) is 64.0 Å². The monoisotopic (exact) mass is 462 g/mol. The Kier molecular flexibility index (Phi) is 5.00. The fourth-order valence-corrected chi connectivity index (χ4v) is 6.06. The number of halogens is 1. The van der Waals surface area contributed by atoms with Crippen molar-refractivity contribution in [2.45, 2.75) is 12.5 Å². The number of guanidine groups is 1. The molecule has 0 fully saturated rings. The molecule has 0 saturated heterocycles. The van der Waals surface area contributed by atoms with Crippen molar-refractivity contribution >= 4 is 60.6 Å². The summed E-state index contributed by atoms with van der Waals surface area (Å²) in [6.45, 7) is 1.75. The van der Waals surface area contributed by atoms with Gasteiger partial charge in [0, 0.05) is 33.4 Å². The zero-order chi connectivity index (χ0) is 21.7. The van der Waals surface area contributed by atoms with E-state index in [9.17, 15) is 13.2 Å². The summed E-state index contributed by atoms with van der Waals surface area (Å²) in [7, 11) is -2.19. The molecule has 1 aliphatic heterocycles. The number of nitrogens with one attached hydrogen (secondary N) is 1. The number of hydrogen-bond acceptors (Lipinski definition) is 6. The summed E-state index contributed by atoms with van der Waals surface area (Å²) in [6.07, 6.45) is 0. The Hall–Kier alpha value is -2.62. The number of fused-ring (bicyclic) bond motifs is 1. The minimum atomic E-state index is -3.58. The molecule has 0 aliphatic carbocycles. The molecule has 4 rings (SSSR count). The Morgan fingerprint density at radius 1 is 1.27 bits per heavy atom. The molecular weight excluding hydrogens is 444 g/mol. The molecule has 1 aliphatic rings. The summed E-state index contributed by atoms with van der Waals surface area (Å²) in [4.78, 5) is 17.0. The molecule has 156 valence electrons. The summed E-state index contributed by atoms with van der Waals surface area (Å²) in [5.74, 6) is -0.502. The number of sulfonamides is 1. The van der Waals surface area contributed by atoms with E-state index in [0.717, 1.165) is 20.0 Å². The fourth-order valence-electron chi connectivity index (χ4n) is 3.42. The van der Waals surface area contributed by atoms with Crippen molar-refractivity contribution < 1.29 is 13.2 Å². The molecule has 0 spiro atoms. The van der Waals surface area contributed by atoms with Crippen LogP contribution in [0.25, 0.3) is 10.1 Å². The molecule has 30 heavy (non-hydrogen) atoms. The highest BCUT2D eigenvalue weighted by molar-refractivity contribution is 7.89. The van der Waals surface area contributed by atoms with Crippen LogP contribution in [-0.4, -0.2) is 37.4 Å². The Morgan fingerprint density at radius 2 is 1.97 bits per heavy atom. The van der Waals surface area contributed by atoms with Gasteiger partial charge in [-0.2, -0.15) is 0 Å². The Labute approximate surface area is 183 Å². The number of amides is 1. The molecule has 1 atom stereocenters. The Balaban J connectivity index is 1.72. The van der Waals surface area contributed by atoms with Crippen LogP contribution in [0.15, 0.2) is 52.8 Å². The summed E-state index contributed by atoms with van der Waals surface area (Å²) < 4.78 is 27.0. The number of carbonyl (C=O) groups is 1. The first-order valence-electron chi connectivity index (χ1n) is 9.00. The third kappa shape index (κ3) is 3.64. The summed E-state index contributed by atoms with van der Waals surface area (Å²) in [5.41, 5.74) is 6.70. The second-order valence-corrected chi connectivity index (χ2v) is 10.6. The molecule has 10 heteroatoms. The summed E-state index contributed by atoms with van der Waals surface area (Å²) in [5, 5.41) is 6.15. The first kappa shape index (κ1) is 20.6. The molecule has 2 aromatic carbocycles. The van der Waals surface area contributed by atoms with Crippen LogP contribution in [0.5, 0.6) is 0 Å². The lowest BCUT2D eigenvalue weighted by atomic mass is 9.94. The lowest BCUT2D eigenvalue weighted by molar-refractivity contribution is 0.102. The van der Waals surface area contributed by atoms with Gasteiger partial charge in [0.15, 0.2) is 0 Å². The van der Waals surface area contributed by atoms with Crippen LogP contribution in [0.2, 0.25) is 5.02 Å². The quantitative estimate of drug-likeness (QED) is 0.620. The van der Waals surface area contributed by atoms with Gasteiger partial charge in [-0.1, -0.05) is 11.6 Å². The van der Waals surface area contributed by atoms with Crippen molar-refractivity contribution in [3.63, 3.8) is 0 Å². The van der Waals surface area contributed by atoms with Crippen molar-refractivity contribution in [1.29, 1.82) is 0 Å². The number of carbonyl (C=O) groups excluding carboxylic acids is 1. The van der Waals surface area contributed by atoms with Crippen molar-refractivity contribution in [3.8, 4) is 0 Å². The lowest BCUT2D eigenvalue weighted by Crippen LogP contribution is -2.50. The number of nitrogens with zero attached hydrogens (tertiary/aromatic N) is 2. The zero-order valence-corrected chi connectivity index (χ0v) is 18.6. The van der Waals surface area contributed by atoms with Crippen LogP contribution in [0.3, 0.4) is 0 Å². The van der Waals surface area contributed by atoms with Gasteiger partial charge in [-0.3, -0.25) is 4.79 Å². The standard InChI is InChI=1S/C20H19ClN4O3S2/c1-20(11-30(27,28)25(2)19(22)24-20)16-10-29-17-8-7-14(9-15(16)17)23-18(26)12-3-5-13(21)6-4-12/h3-10H,11H2,1-2H3,(H2,22,24)(H,23,26)/t20-/m0/s1. The smallest absolute Gasteiger partial charge is 0.255 e. The van der Waals surface area contributed by atoms with E-state index in [2.05, 4.69) is 10.3 Å². The van der Waals surface area contributed by atoms with Crippen LogP contribution in [0.1, 0.15) is 22.8 Å². The number of hydrogen-bond donors (Lipinski definition) is 2. The maximum atomic E-state index is 12.5. The molecule has 3 aromatic rings. The van der Waals surface area contributed by atoms with Gasteiger partial charge in [-0.25, -0.2) is 17.7 Å². The van der Waals surface area contributed by atoms with Gasteiger partial charge < -0.3 is 11.1 Å². The molecule has 0 saturated carbocycles. The van der Waals surface area contributed by atoms with Gasteiger partial charge in [0.05, 0.1) is 5.75 Å². The van der Waals surface area contributed by atoms with Crippen LogP contribution in [0.4, 0.5) is 5.69 Å². The van der Waals surface area contributed by atoms with E-state index >= 15 is 0 Å². The van der Waals surface area contributed by atoms with E-state index in [1.54, 1.807) is 31.2 Å². The predicted octanol–water partition coefficient (Wildman–Crippen LogP) is 3.61. The van der Waals surface area contributed by atoms with Crippen molar-refractivity contribution in [2.75, 3.05) is 18.1 Å². The van der Waals surface area contributed by atoms with Gasteiger partial charge in [-0.05, 0) is 60.3 Å². The number of rotatable bonds is 3. The second-order valence-electron chi connectivity index (χ2n) is 7.29. The van der Waals surface area contributed by atoms with Gasteiger partial charge in [0.1, 0.15) is 5.54 Å². The molecule has 3 N–H and O–H groups in total. The summed E-state index contributed by atoms with van der Waals surface area (Å²) in [6, 6.07) is 12.1. The third-order valence-corrected chi connectivity index (χ3v) is 8.25. The number of nitrogens with two attached hydrogens (primary N) is 1. The second kappa shape index (κ2) is 7.26. The molecule has 0 radical (unpaired) electrons. The SMILES string of the molecule is CN1C(N)=N[C@](C)(c2csc3ccc(NC(=O)c4ccc(Cl)cc4)cc23)CS1(=O)=O. The fraction of sp³-hybridized carbons (Fsp3) is 0.200. The van der Waals surface area contributed by atoms with Crippen LogP contribution < -0.4 is 11.1 Å². The van der Waals surface area contributed by atoms with Crippen LogP contribution >= 0.6 is 22.9 Å². The Morgan fingerprint density at radius 3 is 2.63 bits per heavy atom. The highest BCUT2D eigenvalue weighted by atomic mass is 35.5. The van der Waals surface area contributed by atoms with Crippen LogP contribution in [-0.2, 0) is 15.6 Å². The van der Waals surface area contributed by atoms with Gasteiger partial charge in [-0.15, -0.1) is 11.3 Å². The van der Waals surface area contributed by atoms with Gasteiger partial charge in [0.2, 0.25) is 16.0 Å². The molecule has 2 heterocycles. The topological polar surface area (TPSA) is 105 Å². The van der Waals surface area contributed by atoms with Crippen LogP contribution in [0, 0.1) is 0 Å². The minimum absolute atomic E-state index is 0.0460. The average Bonchev–Trinajstić information content (AvgIpc) is 3.10. The van der Waals surface area contributed by atoms with E-state index in [-0.39, 0.29) is 17.6 Å². The van der Waals surface area contributed by atoms with E-state index in [1.165, 1.54) is 18.4 Å². The zero-order valence-electron chi connectivity index (χ0n) is 16.2. The molecule has 0 unspecified atom stereocenters. The van der Waals surface area contributed by atoms with E-state index < -0.39 is 15.6 Å². The average molecular weight is 463 g/mol. The predicted molar refractivity (Wildman–Crippen MR) is 122 cm³/mol. The first-order valence-corrected chi connectivity index (χ1v) is 11.9. The van der Waals surface area contributed by atoms with Gasteiger partial charge >= 0.3 is 0 Å². The van der Waals surface area contributed by atoms with E-state index in [1.807, 2.05) is 23.6 Å². The first-order chi connectivity index (χ1) is 14.1. The number of aliphatic imine (C=N–C) groups is 1. The third-order valence-electron chi connectivity index (χ3n) is 5.08.